The van der Waals surface area contributed by atoms with E-state index in [1.165, 1.54) is 25.5 Å². The van der Waals surface area contributed by atoms with E-state index in [9.17, 15) is 14.7 Å². The van der Waals surface area contributed by atoms with Crippen molar-refractivity contribution in [2.45, 2.75) is 45.4 Å². The van der Waals surface area contributed by atoms with E-state index >= 15 is 0 Å². The summed E-state index contributed by atoms with van der Waals surface area (Å²) in [5, 5.41) is 9.44. The van der Waals surface area contributed by atoms with E-state index < -0.39 is 11.5 Å². The molecular weight excluding hydrogens is 246 g/mol. The highest BCUT2D eigenvalue weighted by Crippen LogP contribution is 2.13. The van der Waals surface area contributed by atoms with Gasteiger partial charge in [0.15, 0.2) is 0 Å². The summed E-state index contributed by atoms with van der Waals surface area (Å²) in [6, 6.07) is 0.960. The second kappa shape index (κ2) is 8.34. The lowest BCUT2D eigenvalue weighted by Crippen LogP contribution is -2.11. The number of ether oxygens (including phenoxy) is 1. The fourth-order valence-corrected chi connectivity index (χ4v) is 1.75. The van der Waals surface area contributed by atoms with Crippen LogP contribution in [0.15, 0.2) is 17.1 Å². The standard InChI is InChI=1S/C14H21NO4/c1-2-3-4-5-6-7-8-19-14(18)11-10-15-13(17)9-12(11)16/h9-10H,2-8H2,1H3,(H2,15,16,17). The Hall–Kier alpha value is -1.78. The van der Waals surface area contributed by atoms with Crippen LogP contribution < -0.4 is 5.56 Å². The molecule has 1 aromatic heterocycles. The molecule has 0 amide bonds. The van der Waals surface area contributed by atoms with Crippen LogP contribution in [0.1, 0.15) is 55.8 Å². The molecule has 0 aliphatic carbocycles. The first-order valence-corrected chi connectivity index (χ1v) is 6.74. The van der Waals surface area contributed by atoms with E-state index in [1.807, 2.05) is 0 Å². The van der Waals surface area contributed by atoms with E-state index in [4.69, 9.17) is 4.74 Å². The molecular formula is C14H21NO4. The maximum atomic E-state index is 11.6. The SMILES string of the molecule is CCCCCCCCOC(=O)c1c[nH]c(=O)cc1O. The number of unbranched alkanes of at least 4 members (excludes halogenated alkanes) is 5. The van der Waals surface area contributed by atoms with Gasteiger partial charge in [-0.1, -0.05) is 39.0 Å². The summed E-state index contributed by atoms with van der Waals surface area (Å²) in [6.45, 7) is 2.50. The summed E-state index contributed by atoms with van der Waals surface area (Å²) >= 11 is 0. The van der Waals surface area contributed by atoms with Crippen LogP contribution in [0.2, 0.25) is 0 Å². The summed E-state index contributed by atoms with van der Waals surface area (Å²) in [5.41, 5.74) is -0.462. The molecule has 1 heterocycles. The Balaban J connectivity index is 2.26. The van der Waals surface area contributed by atoms with Crippen LogP contribution in [-0.4, -0.2) is 22.7 Å². The van der Waals surface area contributed by atoms with Gasteiger partial charge in [0.1, 0.15) is 11.3 Å². The molecule has 0 spiro atoms. The molecule has 106 valence electrons. The number of aromatic hydroxyl groups is 1. The molecule has 0 aliphatic rings. The number of hydrogen-bond donors (Lipinski definition) is 2. The highest BCUT2D eigenvalue weighted by Gasteiger charge is 2.12. The van der Waals surface area contributed by atoms with Gasteiger partial charge in [-0.2, -0.15) is 0 Å². The topological polar surface area (TPSA) is 79.4 Å². The predicted molar refractivity (Wildman–Crippen MR) is 72.4 cm³/mol. The second-order valence-corrected chi connectivity index (χ2v) is 4.50. The van der Waals surface area contributed by atoms with E-state index in [0.717, 1.165) is 25.3 Å². The quantitative estimate of drug-likeness (QED) is 0.560. The Morgan fingerprint density at radius 1 is 1.26 bits per heavy atom. The lowest BCUT2D eigenvalue weighted by molar-refractivity contribution is 0.0494. The first-order chi connectivity index (χ1) is 9.15. The van der Waals surface area contributed by atoms with Crippen molar-refractivity contribution in [3.63, 3.8) is 0 Å². The van der Waals surface area contributed by atoms with Gasteiger partial charge >= 0.3 is 5.97 Å². The maximum absolute atomic E-state index is 11.6. The number of aromatic nitrogens is 1. The molecule has 0 bridgehead atoms. The van der Waals surface area contributed by atoms with Crippen LogP contribution in [-0.2, 0) is 4.74 Å². The number of esters is 1. The summed E-state index contributed by atoms with van der Waals surface area (Å²) in [5.74, 6) is -0.959. The van der Waals surface area contributed by atoms with Gasteiger partial charge in [0.05, 0.1) is 6.61 Å². The van der Waals surface area contributed by atoms with Crippen molar-refractivity contribution in [2.75, 3.05) is 6.61 Å². The lowest BCUT2D eigenvalue weighted by Gasteiger charge is -2.05. The highest BCUT2D eigenvalue weighted by molar-refractivity contribution is 5.91. The Morgan fingerprint density at radius 2 is 1.95 bits per heavy atom. The largest absolute Gasteiger partial charge is 0.507 e. The third-order valence-corrected chi connectivity index (χ3v) is 2.85. The third kappa shape index (κ3) is 5.59. The van der Waals surface area contributed by atoms with Crippen molar-refractivity contribution in [3.8, 4) is 5.75 Å². The van der Waals surface area contributed by atoms with Gasteiger partial charge in [0, 0.05) is 12.3 Å². The van der Waals surface area contributed by atoms with Gasteiger partial charge in [0.25, 0.3) is 5.56 Å². The summed E-state index contributed by atoms with van der Waals surface area (Å²) in [4.78, 5) is 24.8. The number of nitrogens with one attached hydrogen (secondary N) is 1. The van der Waals surface area contributed by atoms with Crippen molar-refractivity contribution in [1.29, 1.82) is 0 Å². The molecule has 1 aromatic rings. The monoisotopic (exact) mass is 267 g/mol. The first-order valence-electron chi connectivity index (χ1n) is 6.74. The van der Waals surface area contributed by atoms with Crippen molar-refractivity contribution < 1.29 is 14.6 Å². The Morgan fingerprint density at radius 3 is 2.63 bits per heavy atom. The number of carbonyl (C=O) groups excluding carboxylic acids is 1. The number of carbonyl (C=O) groups is 1. The van der Waals surface area contributed by atoms with Crippen LogP contribution >= 0.6 is 0 Å². The third-order valence-electron chi connectivity index (χ3n) is 2.85. The Labute approximate surface area is 112 Å². The number of H-pyrrole nitrogens is 1. The molecule has 0 aromatic carbocycles. The first kappa shape index (κ1) is 15.3. The van der Waals surface area contributed by atoms with Gasteiger partial charge in [-0.3, -0.25) is 4.79 Å². The van der Waals surface area contributed by atoms with Crippen LogP contribution in [0.25, 0.3) is 0 Å². The molecule has 0 unspecified atom stereocenters. The van der Waals surface area contributed by atoms with E-state index in [0.29, 0.717) is 6.61 Å². The number of aromatic amines is 1. The number of pyridine rings is 1. The molecule has 1 rings (SSSR count). The van der Waals surface area contributed by atoms with Crippen molar-refractivity contribution in [1.82, 2.24) is 4.98 Å². The van der Waals surface area contributed by atoms with Gasteiger partial charge in [0.2, 0.25) is 0 Å². The Bertz CT molecular complexity index is 453. The molecule has 19 heavy (non-hydrogen) atoms. The molecule has 5 heteroatoms. The Kier molecular flexibility index (Phi) is 6.71. The van der Waals surface area contributed by atoms with Gasteiger partial charge in [-0.25, -0.2) is 4.79 Å². The molecule has 2 N–H and O–H groups in total. The zero-order valence-corrected chi connectivity index (χ0v) is 11.3. The van der Waals surface area contributed by atoms with Crippen LogP contribution in [0.4, 0.5) is 0 Å². The maximum Gasteiger partial charge on any atom is 0.343 e. The molecule has 0 saturated carbocycles. The predicted octanol–water partition coefficient (Wildman–Crippen LogP) is 2.60. The summed E-state index contributed by atoms with van der Waals surface area (Å²) < 4.78 is 5.03. The number of hydrogen-bond acceptors (Lipinski definition) is 4. The number of rotatable bonds is 8. The average Bonchev–Trinajstić information content (AvgIpc) is 2.37. The van der Waals surface area contributed by atoms with E-state index in [-0.39, 0.29) is 11.3 Å². The average molecular weight is 267 g/mol. The molecule has 0 atom stereocenters. The minimum absolute atomic E-state index is 0.00872. The zero-order valence-electron chi connectivity index (χ0n) is 11.3. The van der Waals surface area contributed by atoms with Crippen LogP contribution in [0, 0.1) is 0 Å². The highest BCUT2D eigenvalue weighted by atomic mass is 16.5. The normalized spacial score (nSPS) is 10.4. The fraction of sp³-hybridized carbons (Fsp3) is 0.571. The minimum Gasteiger partial charge on any atom is -0.507 e. The van der Waals surface area contributed by atoms with E-state index in [1.54, 1.807) is 0 Å². The minimum atomic E-state index is -0.609. The zero-order chi connectivity index (χ0) is 14.1. The van der Waals surface area contributed by atoms with Gasteiger partial charge < -0.3 is 14.8 Å². The van der Waals surface area contributed by atoms with E-state index in [2.05, 4.69) is 11.9 Å². The molecule has 0 aliphatic heterocycles. The second-order valence-electron chi connectivity index (χ2n) is 4.50. The molecule has 0 saturated heterocycles. The van der Waals surface area contributed by atoms with Gasteiger partial charge in [-0.15, -0.1) is 0 Å². The fourth-order valence-electron chi connectivity index (χ4n) is 1.75. The van der Waals surface area contributed by atoms with Crippen LogP contribution in [0.3, 0.4) is 0 Å². The van der Waals surface area contributed by atoms with Crippen molar-refractivity contribution in [2.24, 2.45) is 0 Å². The van der Waals surface area contributed by atoms with Crippen molar-refractivity contribution in [3.05, 3.63) is 28.2 Å². The smallest absolute Gasteiger partial charge is 0.343 e. The lowest BCUT2D eigenvalue weighted by atomic mass is 10.1. The summed E-state index contributed by atoms with van der Waals surface area (Å²) in [6.07, 6.45) is 7.83. The summed E-state index contributed by atoms with van der Waals surface area (Å²) in [7, 11) is 0. The van der Waals surface area contributed by atoms with Gasteiger partial charge in [-0.05, 0) is 6.42 Å². The molecule has 0 fully saturated rings. The van der Waals surface area contributed by atoms with Crippen LogP contribution in [0.5, 0.6) is 5.75 Å². The molecule has 0 radical (unpaired) electrons. The molecule has 5 nitrogen and oxygen atoms in total. The van der Waals surface area contributed by atoms with Crippen molar-refractivity contribution >= 4 is 5.97 Å².